The number of hydrogen-bond acceptors (Lipinski definition) is 2. The van der Waals surface area contributed by atoms with Gasteiger partial charge in [-0.05, 0) is 38.0 Å². The first-order chi connectivity index (χ1) is 8.88. The van der Waals surface area contributed by atoms with E-state index >= 15 is 0 Å². The van der Waals surface area contributed by atoms with Gasteiger partial charge in [0.05, 0.1) is 0 Å². The van der Waals surface area contributed by atoms with E-state index < -0.39 is 0 Å². The molecule has 0 aromatic heterocycles. The molecule has 0 aromatic rings. The number of hydrogen-bond donors (Lipinski definition) is 2. The molecule has 0 heterocycles. The summed E-state index contributed by atoms with van der Waals surface area (Å²) in [7, 11) is 1.82. The summed E-state index contributed by atoms with van der Waals surface area (Å²) in [6.07, 6.45) is 10.4. The third-order valence-corrected chi connectivity index (χ3v) is 3.38. The van der Waals surface area contributed by atoms with Gasteiger partial charge >= 0.3 is 0 Å². The van der Waals surface area contributed by atoms with Gasteiger partial charge in [-0.1, -0.05) is 12.2 Å². The molecule has 0 unspecified atom stereocenters. The van der Waals surface area contributed by atoms with Gasteiger partial charge in [-0.3, -0.25) is 4.99 Å². The van der Waals surface area contributed by atoms with Crippen molar-refractivity contribution in [2.24, 2.45) is 10.9 Å². The highest BCUT2D eigenvalue weighted by Crippen LogP contribution is 2.28. The molecule has 2 N–H and O–H groups in total. The highest BCUT2D eigenvalue weighted by atomic mass is 16.5. The second-order valence-electron chi connectivity index (χ2n) is 5.15. The van der Waals surface area contributed by atoms with Crippen LogP contribution < -0.4 is 10.6 Å². The average molecular weight is 251 g/mol. The van der Waals surface area contributed by atoms with Gasteiger partial charge in [0, 0.05) is 32.8 Å². The van der Waals surface area contributed by atoms with Crippen LogP contribution in [0.5, 0.6) is 0 Å². The van der Waals surface area contributed by atoms with Crippen LogP contribution in [0.4, 0.5) is 0 Å². The molecule has 1 fully saturated rings. The fourth-order valence-electron chi connectivity index (χ4n) is 2.04. The summed E-state index contributed by atoms with van der Waals surface area (Å²) in [5.74, 6) is 1.77. The van der Waals surface area contributed by atoms with Crippen LogP contribution >= 0.6 is 0 Å². The average Bonchev–Trinajstić information content (AvgIpc) is 3.07. The Morgan fingerprint density at radius 1 is 1.33 bits per heavy atom. The van der Waals surface area contributed by atoms with Crippen molar-refractivity contribution >= 4 is 5.96 Å². The molecule has 0 saturated heterocycles. The van der Waals surface area contributed by atoms with Crippen molar-refractivity contribution in [3.8, 4) is 0 Å². The molecular formula is C14H25N3O. The van der Waals surface area contributed by atoms with E-state index in [-0.39, 0.29) is 0 Å². The SMILES string of the molecule is CN=C(NCCCOCC1CC1)NC1CC=CC1. The van der Waals surface area contributed by atoms with Crippen molar-refractivity contribution in [3.05, 3.63) is 12.2 Å². The normalized spacial score (nSPS) is 20.4. The van der Waals surface area contributed by atoms with Crippen molar-refractivity contribution in [2.45, 2.75) is 38.1 Å². The van der Waals surface area contributed by atoms with E-state index in [4.69, 9.17) is 4.74 Å². The van der Waals surface area contributed by atoms with Crippen LogP contribution in [0.3, 0.4) is 0 Å². The van der Waals surface area contributed by atoms with E-state index in [9.17, 15) is 0 Å². The molecule has 18 heavy (non-hydrogen) atoms. The Labute approximate surface area is 110 Å². The Hall–Kier alpha value is -1.03. The molecule has 1 saturated carbocycles. The zero-order valence-corrected chi connectivity index (χ0v) is 11.3. The van der Waals surface area contributed by atoms with E-state index in [1.54, 1.807) is 0 Å². The number of guanidine groups is 1. The number of ether oxygens (including phenoxy) is 1. The van der Waals surface area contributed by atoms with Gasteiger partial charge in [0.25, 0.3) is 0 Å². The van der Waals surface area contributed by atoms with Gasteiger partial charge < -0.3 is 15.4 Å². The van der Waals surface area contributed by atoms with Crippen LogP contribution in [0.1, 0.15) is 32.1 Å². The molecule has 2 aliphatic carbocycles. The van der Waals surface area contributed by atoms with Crippen molar-refractivity contribution in [1.82, 2.24) is 10.6 Å². The summed E-state index contributed by atoms with van der Waals surface area (Å²) >= 11 is 0. The number of aliphatic imine (C=N–C) groups is 1. The first-order valence-electron chi connectivity index (χ1n) is 7.08. The molecule has 0 atom stereocenters. The third-order valence-electron chi connectivity index (χ3n) is 3.38. The summed E-state index contributed by atoms with van der Waals surface area (Å²) in [6.45, 7) is 2.73. The molecule has 0 amide bonds. The quantitative estimate of drug-likeness (QED) is 0.313. The first-order valence-corrected chi connectivity index (χ1v) is 7.08. The Bertz CT molecular complexity index is 289. The van der Waals surface area contributed by atoms with E-state index in [1.807, 2.05) is 7.05 Å². The van der Waals surface area contributed by atoms with Gasteiger partial charge in [0.15, 0.2) is 5.96 Å². The van der Waals surface area contributed by atoms with Crippen LogP contribution in [0, 0.1) is 5.92 Å². The lowest BCUT2D eigenvalue weighted by Gasteiger charge is -2.16. The van der Waals surface area contributed by atoms with E-state index in [2.05, 4.69) is 27.8 Å². The summed E-state index contributed by atoms with van der Waals surface area (Å²) in [4.78, 5) is 4.23. The second kappa shape index (κ2) is 7.41. The van der Waals surface area contributed by atoms with E-state index in [0.29, 0.717) is 6.04 Å². The van der Waals surface area contributed by atoms with Crippen LogP contribution in [-0.2, 0) is 4.74 Å². The van der Waals surface area contributed by atoms with Gasteiger partial charge in [-0.15, -0.1) is 0 Å². The molecular weight excluding hydrogens is 226 g/mol. The summed E-state index contributed by atoms with van der Waals surface area (Å²) in [5, 5.41) is 6.75. The highest BCUT2D eigenvalue weighted by Gasteiger charge is 2.20. The van der Waals surface area contributed by atoms with Crippen molar-refractivity contribution in [2.75, 3.05) is 26.8 Å². The zero-order chi connectivity index (χ0) is 12.6. The largest absolute Gasteiger partial charge is 0.381 e. The monoisotopic (exact) mass is 251 g/mol. The topological polar surface area (TPSA) is 45.7 Å². The maximum Gasteiger partial charge on any atom is 0.191 e. The van der Waals surface area contributed by atoms with Crippen LogP contribution in [0.25, 0.3) is 0 Å². The number of nitrogens with one attached hydrogen (secondary N) is 2. The molecule has 4 nitrogen and oxygen atoms in total. The van der Waals surface area contributed by atoms with E-state index in [1.165, 1.54) is 12.8 Å². The smallest absolute Gasteiger partial charge is 0.191 e. The Kier molecular flexibility index (Phi) is 5.52. The lowest BCUT2D eigenvalue weighted by atomic mass is 10.2. The molecule has 4 heteroatoms. The van der Waals surface area contributed by atoms with Gasteiger partial charge in [0.2, 0.25) is 0 Å². The molecule has 2 aliphatic rings. The number of nitrogens with zero attached hydrogens (tertiary/aromatic N) is 1. The second-order valence-corrected chi connectivity index (χ2v) is 5.15. The Balaban J connectivity index is 1.47. The lowest BCUT2D eigenvalue weighted by Crippen LogP contribution is -2.42. The van der Waals surface area contributed by atoms with Gasteiger partial charge in [0.1, 0.15) is 0 Å². The van der Waals surface area contributed by atoms with Crippen molar-refractivity contribution < 1.29 is 4.74 Å². The summed E-state index contributed by atoms with van der Waals surface area (Å²) in [6, 6.07) is 0.516. The zero-order valence-electron chi connectivity index (χ0n) is 11.3. The number of rotatable bonds is 7. The predicted octanol–water partition coefficient (Wildman–Crippen LogP) is 1.69. The molecule has 0 radical (unpaired) electrons. The van der Waals surface area contributed by atoms with Crippen LogP contribution in [0.2, 0.25) is 0 Å². The predicted molar refractivity (Wildman–Crippen MR) is 74.8 cm³/mol. The third kappa shape index (κ3) is 5.08. The molecule has 0 bridgehead atoms. The molecule has 0 aliphatic heterocycles. The molecule has 2 rings (SSSR count). The molecule has 0 spiro atoms. The molecule has 0 aromatic carbocycles. The highest BCUT2D eigenvalue weighted by molar-refractivity contribution is 5.80. The maximum absolute atomic E-state index is 5.60. The Morgan fingerprint density at radius 2 is 2.11 bits per heavy atom. The minimum absolute atomic E-state index is 0.516. The molecule has 102 valence electrons. The first kappa shape index (κ1) is 13.4. The summed E-state index contributed by atoms with van der Waals surface area (Å²) < 4.78 is 5.60. The summed E-state index contributed by atoms with van der Waals surface area (Å²) in [5.41, 5.74) is 0. The van der Waals surface area contributed by atoms with E-state index in [0.717, 1.165) is 50.9 Å². The fraction of sp³-hybridized carbons (Fsp3) is 0.786. The van der Waals surface area contributed by atoms with Crippen molar-refractivity contribution in [1.29, 1.82) is 0 Å². The Morgan fingerprint density at radius 3 is 2.78 bits per heavy atom. The maximum atomic E-state index is 5.60. The minimum Gasteiger partial charge on any atom is -0.381 e. The van der Waals surface area contributed by atoms with Crippen LogP contribution in [0.15, 0.2) is 17.1 Å². The van der Waals surface area contributed by atoms with Gasteiger partial charge in [-0.25, -0.2) is 0 Å². The van der Waals surface area contributed by atoms with Crippen molar-refractivity contribution in [3.63, 3.8) is 0 Å². The minimum atomic E-state index is 0.516. The van der Waals surface area contributed by atoms with Gasteiger partial charge in [-0.2, -0.15) is 0 Å². The van der Waals surface area contributed by atoms with Crippen LogP contribution in [-0.4, -0.2) is 38.8 Å². The fourth-order valence-corrected chi connectivity index (χ4v) is 2.04. The lowest BCUT2D eigenvalue weighted by molar-refractivity contribution is 0.123. The standard InChI is InChI=1S/C14H25N3O/c1-15-14(17-13-5-2-3-6-13)16-9-4-10-18-11-12-7-8-12/h2-3,12-13H,4-11H2,1H3,(H2,15,16,17).